The van der Waals surface area contributed by atoms with Crippen LogP contribution in [0.5, 0.6) is 0 Å². The van der Waals surface area contributed by atoms with Gasteiger partial charge >= 0.3 is 0 Å². The van der Waals surface area contributed by atoms with Gasteiger partial charge in [-0.15, -0.1) is 0 Å². The molecular formula is C11H23N3O4S2. The molecule has 1 rings (SSSR count). The van der Waals surface area contributed by atoms with E-state index < -0.39 is 25.1 Å². The Bertz CT molecular complexity index is 540. The molecule has 0 atom stereocenters. The van der Waals surface area contributed by atoms with E-state index in [1.54, 1.807) is 13.8 Å². The molecule has 0 unspecified atom stereocenters. The smallest absolute Gasteiger partial charge is 0.217 e. The molecule has 0 aromatic rings. The van der Waals surface area contributed by atoms with Gasteiger partial charge in [0.05, 0.1) is 22.6 Å². The molecule has 0 spiro atoms. The van der Waals surface area contributed by atoms with Gasteiger partial charge in [-0.05, 0) is 26.7 Å². The van der Waals surface area contributed by atoms with Crippen molar-refractivity contribution in [3.8, 4) is 0 Å². The maximum absolute atomic E-state index is 12.6. The fourth-order valence-electron chi connectivity index (χ4n) is 2.27. The minimum absolute atomic E-state index is 0.0583. The molecule has 0 aromatic heterocycles. The molecule has 0 aliphatic carbocycles. The molecule has 1 aliphatic heterocycles. The fourth-order valence-corrected chi connectivity index (χ4v) is 6.21. The summed E-state index contributed by atoms with van der Waals surface area (Å²) in [4.78, 5) is 0. The quantitative estimate of drug-likeness (QED) is 0.523. The highest BCUT2D eigenvalue weighted by Gasteiger charge is 2.37. The Morgan fingerprint density at radius 1 is 1.35 bits per heavy atom. The van der Waals surface area contributed by atoms with E-state index in [9.17, 15) is 16.8 Å². The lowest BCUT2D eigenvalue weighted by molar-refractivity contribution is 0.354. The van der Waals surface area contributed by atoms with Crippen LogP contribution in [-0.4, -0.2) is 56.3 Å². The van der Waals surface area contributed by atoms with Crippen molar-refractivity contribution in [2.24, 2.45) is 5.73 Å². The Morgan fingerprint density at radius 2 is 1.85 bits per heavy atom. The predicted octanol–water partition coefficient (Wildman–Crippen LogP) is -0.0701. The maximum atomic E-state index is 12.6. The summed E-state index contributed by atoms with van der Waals surface area (Å²) in [5.74, 6) is -0.206. The molecule has 0 radical (unpaired) electrons. The molecule has 1 aliphatic rings. The largest absolute Gasteiger partial charge is 0.388 e. The summed E-state index contributed by atoms with van der Waals surface area (Å²) < 4.78 is 49.2. The van der Waals surface area contributed by atoms with Gasteiger partial charge in [-0.25, -0.2) is 16.8 Å². The van der Waals surface area contributed by atoms with Crippen LogP contribution < -0.4 is 5.73 Å². The third-order valence-electron chi connectivity index (χ3n) is 3.43. The van der Waals surface area contributed by atoms with Crippen LogP contribution in [0.2, 0.25) is 0 Å². The van der Waals surface area contributed by atoms with E-state index >= 15 is 0 Å². The number of sulfone groups is 1. The summed E-state index contributed by atoms with van der Waals surface area (Å²) in [5.41, 5.74) is 5.28. The summed E-state index contributed by atoms with van der Waals surface area (Å²) >= 11 is 0. The van der Waals surface area contributed by atoms with Crippen LogP contribution in [0.25, 0.3) is 0 Å². The number of hydrogen-bond donors (Lipinski definition) is 2. The molecular weight excluding hydrogens is 302 g/mol. The molecule has 1 heterocycles. The van der Waals surface area contributed by atoms with Gasteiger partial charge in [-0.2, -0.15) is 4.31 Å². The van der Waals surface area contributed by atoms with Crippen LogP contribution in [0, 0.1) is 5.41 Å². The van der Waals surface area contributed by atoms with Gasteiger partial charge in [0.1, 0.15) is 9.84 Å². The molecule has 7 nitrogen and oxygen atoms in total. The van der Waals surface area contributed by atoms with Crippen LogP contribution in [0.1, 0.15) is 33.1 Å². The Labute approximate surface area is 121 Å². The highest BCUT2D eigenvalue weighted by atomic mass is 32.2. The van der Waals surface area contributed by atoms with Crippen molar-refractivity contribution in [3.63, 3.8) is 0 Å². The van der Waals surface area contributed by atoms with E-state index in [1.807, 2.05) is 0 Å². The lowest BCUT2D eigenvalue weighted by atomic mass is 10.2. The molecule has 0 aromatic carbocycles. The average Bonchev–Trinajstić information content (AvgIpc) is 2.27. The third-order valence-corrected chi connectivity index (χ3v) is 7.71. The number of nitrogens with two attached hydrogens (primary N) is 1. The lowest BCUT2D eigenvalue weighted by Crippen LogP contribution is -2.46. The van der Waals surface area contributed by atoms with Crippen molar-refractivity contribution in [3.05, 3.63) is 0 Å². The summed E-state index contributed by atoms with van der Waals surface area (Å²) in [6.07, 6.45) is 0.477. The van der Waals surface area contributed by atoms with Crippen molar-refractivity contribution < 1.29 is 16.8 Å². The maximum Gasteiger partial charge on any atom is 0.217 e. The second-order valence-corrected chi connectivity index (χ2v) is 9.85. The van der Waals surface area contributed by atoms with E-state index in [-0.39, 0.29) is 49.2 Å². The summed E-state index contributed by atoms with van der Waals surface area (Å²) in [5, 5.41) is 6.55. The Kier molecular flexibility index (Phi) is 5.56. The summed E-state index contributed by atoms with van der Waals surface area (Å²) in [6, 6.07) is -0.238. The normalized spacial score (nSPS) is 20.4. The van der Waals surface area contributed by atoms with Crippen molar-refractivity contribution in [1.29, 1.82) is 5.41 Å². The Balaban J connectivity index is 2.86. The van der Waals surface area contributed by atoms with E-state index in [0.29, 0.717) is 0 Å². The Hall–Kier alpha value is -0.670. The van der Waals surface area contributed by atoms with E-state index in [4.69, 9.17) is 11.1 Å². The first-order valence-corrected chi connectivity index (χ1v) is 9.92. The summed E-state index contributed by atoms with van der Waals surface area (Å²) in [7, 11) is -6.64. The standard InChI is InChI=1S/C11H23N3O4S2/c1-9(2)14(6-3-11(12)13)20(17,18)10-4-7-19(15,16)8-5-10/h9-10H,3-8H2,1-2H3,(H3,12,13). The fraction of sp³-hybridized carbons (Fsp3) is 0.909. The van der Waals surface area contributed by atoms with Crippen LogP contribution in [0.4, 0.5) is 0 Å². The van der Waals surface area contributed by atoms with Gasteiger partial charge < -0.3 is 5.73 Å². The van der Waals surface area contributed by atoms with Crippen LogP contribution in [-0.2, 0) is 19.9 Å². The SMILES string of the molecule is CC(C)N(CCC(=N)N)S(=O)(=O)C1CCS(=O)(=O)CC1. The molecule has 20 heavy (non-hydrogen) atoms. The van der Waals surface area contributed by atoms with E-state index in [2.05, 4.69) is 0 Å². The average molecular weight is 325 g/mol. The molecule has 3 N–H and O–H groups in total. The number of sulfonamides is 1. The second kappa shape index (κ2) is 6.40. The van der Waals surface area contributed by atoms with Crippen molar-refractivity contribution in [1.82, 2.24) is 4.31 Å². The highest BCUT2D eigenvalue weighted by Crippen LogP contribution is 2.24. The zero-order valence-corrected chi connectivity index (χ0v) is 13.5. The zero-order chi connectivity index (χ0) is 15.6. The van der Waals surface area contributed by atoms with Crippen LogP contribution >= 0.6 is 0 Å². The predicted molar refractivity (Wildman–Crippen MR) is 79.0 cm³/mol. The summed E-state index contributed by atoms with van der Waals surface area (Å²) in [6.45, 7) is 3.69. The molecule has 0 amide bonds. The molecule has 0 saturated carbocycles. The highest BCUT2D eigenvalue weighted by molar-refractivity contribution is 7.92. The van der Waals surface area contributed by atoms with E-state index in [0.717, 1.165) is 0 Å². The Morgan fingerprint density at radius 3 is 2.25 bits per heavy atom. The second-order valence-electron chi connectivity index (χ2n) is 5.38. The number of amidine groups is 1. The van der Waals surface area contributed by atoms with Gasteiger partial charge in [0.25, 0.3) is 0 Å². The first-order chi connectivity index (χ1) is 9.06. The first kappa shape index (κ1) is 17.4. The minimum atomic E-state index is -3.55. The van der Waals surface area contributed by atoms with Crippen molar-refractivity contribution in [2.75, 3.05) is 18.1 Å². The van der Waals surface area contributed by atoms with Gasteiger partial charge in [-0.1, -0.05) is 0 Å². The van der Waals surface area contributed by atoms with Gasteiger partial charge in [-0.3, -0.25) is 5.41 Å². The first-order valence-electron chi connectivity index (χ1n) is 6.60. The zero-order valence-electron chi connectivity index (χ0n) is 11.9. The number of hydrogen-bond acceptors (Lipinski definition) is 5. The van der Waals surface area contributed by atoms with E-state index in [1.165, 1.54) is 4.31 Å². The van der Waals surface area contributed by atoms with Gasteiger partial charge in [0.2, 0.25) is 10.0 Å². The molecule has 118 valence electrons. The van der Waals surface area contributed by atoms with Crippen LogP contribution in [0.15, 0.2) is 0 Å². The van der Waals surface area contributed by atoms with Crippen molar-refractivity contribution in [2.45, 2.75) is 44.4 Å². The monoisotopic (exact) mass is 325 g/mol. The topological polar surface area (TPSA) is 121 Å². The molecule has 0 bridgehead atoms. The van der Waals surface area contributed by atoms with Crippen molar-refractivity contribution >= 4 is 25.7 Å². The lowest BCUT2D eigenvalue weighted by Gasteiger charge is -2.32. The number of nitrogens with zero attached hydrogens (tertiary/aromatic N) is 1. The van der Waals surface area contributed by atoms with Gasteiger partial charge in [0, 0.05) is 19.0 Å². The molecule has 1 fully saturated rings. The third kappa shape index (κ3) is 4.42. The molecule has 1 saturated heterocycles. The number of rotatable bonds is 6. The minimum Gasteiger partial charge on any atom is -0.388 e. The van der Waals surface area contributed by atoms with Crippen LogP contribution in [0.3, 0.4) is 0 Å². The molecule has 9 heteroatoms. The number of nitrogens with one attached hydrogen (secondary N) is 1. The van der Waals surface area contributed by atoms with Gasteiger partial charge in [0.15, 0.2) is 0 Å².